The zero-order chi connectivity index (χ0) is 23.0. The first kappa shape index (κ1) is 23.3. The van der Waals surface area contributed by atoms with Crippen LogP contribution in [-0.2, 0) is 16.1 Å². The molecule has 1 aliphatic rings. The van der Waals surface area contributed by atoms with E-state index in [0.717, 1.165) is 31.1 Å². The van der Waals surface area contributed by atoms with Crippen molar-refractivity contribution in [3.8, 4) is 0 Å². The lowest BCUT2D eigenvalue weighted by atomic mass is 9.75. The van der Waals surface area contributed by atoms with Gasteiger partial charge in [-0.15, -0.1) is 0 Å². The van der Waals surface area contributed by atoms with Gasteiger partial charge in [-0.1, -0.05) is 57.0 Å². The van der Waals surface area contributed by atoms with Gasteiger partial charge in [0.2, 0.25) is 0 Å². The summed E-state index contributed by atoms with van der Waals surface area (Å²) in [6.45, 7) is 6.65. The molecular weight excluding hydrogens is 441 g/mol. The Kier molecular flexibility index (Phi) is 6.68. The molecule has 1 heterocycles. The van der Waals surface area contributed by atoms with Crippen LogP contribution in [0.2, 0.25) is 5.02 Å². The number of rotatable bonds is 6. The Balaban J connectivity index is 1.96. The molecule has 0 amide bonds. The Morgan fingerprint density at radius 2 is 1.88 bits per heavy atom. The maximum Gasteiger partial charge on any atom is 0.264 e. The molecule has 0 radical (unpaired) electrons. The molecule has 4 nitrogen and oxygen atoms in total. The van der Waals surface area contributed by atoms with Crippen molar-refractivity contribution >= 4 is 46.8 Å². The largest absolute Gasteiger partial charge is 0.341 e. The SMILES string of the molecule is CC(C)[C@H]1CC[C@H](C)C[C@@H]1OP(=O)(c1ccccc1)c1c(C=O)n(C)c2ccc(Cl)cc12. The van der Waals surface area contributed by atoms with Gasteiger partial charge in [-0.25, -0.2) is 0 Å². The molecule has 6 heteroatoms. The monoisotopic (exact) mass is 471 g/mol. The van der Waals surface area contributed by atoms with E-state index in [9.17, 15) is 4.79 Å². The second-order valence-corrected chi connectivity index (χ2v) is 12.1. The van der Waals surface area contributed by atoms with Crippen LogP contribution in [0.1, 0.15) is 50.5 Å². The summed E-state index contributed by atoms with van der Waals surface area (Å²) in [6, 6.07) is 14.8. The Hall–Kier alpha value is -1.87. The van der Waals surface area contributed by atoms with Crippen LogP contribution in [-0.4, -0.2) is 17.0 Å². The molecule has 0 N–H and O–H groups in total. The van der Waals surface area contributed by atoms with E-state index in [1.165, 1.54) is 0 Å². The normalized spacial score (nSPS) is 23.4. The minimum Gasteiger partial charge on any atom is -0.341 e. The van der Waals surface area contributed by atoms with E-state index < -0.39 is 7.37 Å². The topological polar surface area (TPSA) is 48.3 Å². The molecule has 1 fully saturated rings. The van der Waals surface area contributed by atoms with Gasteiger partial charge < -0.3 is 9.09 Å². The predicted octanol–water partition coefficient (Wildman–Crippen LogP) is 6.35. The Morgan fingerprint density at radius 1 is 1.16 bits per heavy atom. The summed E-state index contributed by atoms with van der Waals surface area (Å²) in [5.74, 6) is 1.25. The third-order valence-corrected chi connectivity index (χ3v) is 9.77. The fraction of sp³-hybridized carbons (Fsp3) is 0.423. The molecule has 1 aliphatic carbocycles. The average molecular weight is 472 g/mol. The molecule has 0 bridgehead atoms. The van der Waals surface area contributed by atoms with Gasteiger partial charge in [-0.3, -0.25) is 9.36 Å². The summed E-state index contributed by atoms with van der Waals surface area (Å²) in [5.41, 5.74) is 1.18. The highest BCUT2D eigenvalue weighted by atomic mass is 35.5. The first-order valence-electron chi connectivity index (χ1n) is 11.3. The molecule has 0 saturated heterocycles. The first-order valence-corrected chi connectivity index (χ1v) is 13.3. The molecule has 4 rings (SSSR count). The lowest BCUT2D eigenvalue weighted by molar-refractivity contribution is 0.0514. The third-order valence-electron chi connectivity index (χ3n) is 6.93. The quantitative estimate of drug-likeness (QED) is 0.311. The van der Waals surface area contributed by atoms with Gasteiger partial charge in [0.25, 0.3) is 7.37 Å². The van der Waals surface area contributed by atoms with Crippen LogP contribution < -0.4 is 10.6 Å². The molecule has 32 heavy (non-hydrogen) atoms. The number of benzene rings is 2. The van der Waals surface area contributed by atoms with Gasteiger partial charge in [-0.05, 0) is 60.9 Å². The van der Waals surface area contributed by atoms with Crippen LogP contribution in [0.3, 0.4) is 0 Å². The van der Waals surface area contributed by atoms with Crippen molar-refractivity contribution in [2.45, 2.75) is 46.1 Å². The lowest BCUT2D eigenvalue weighted by Crippen LogP contribution is -2.36. The number of hydrogen-bond donors (Lipinski definition) is 0. The molecule has 1 aromatic heterocycles. The summed E-state index contributed by atoms with van der Waals surface area (Å²) < 4.78 is 23.6. The van der Waals surface area contributed by atoms with Crippen LogP contribution in [0.5, 0.6) is 0 Å². The Morgan fingerprint density at radius 3 is 2.53 bits per heavy atom. The summed E-state index contributed by atoms with van der Waals surface area (Å²) in [5, 5.41) is 2.31. The number of nitrogens with zero attached hydrogens (tertiary/aromatic N) is 1. The van der Waals surface area contributed by atoms with Crippen molar-refractivity contribution in [3.05, 3.63) is 59.2 Å². The van der Waals surface area contributed by atoms with Crippen molar-refractivity contribution in [1.29, 1.82) is 0 Å². The van der Waals surface area contributed by atoms with E-state index >= 15 is 4.57 Å². The van der Waals surface area contributed by atoms with E-state index in [0.29, 0.717) is 44.5 Å². The minimum atomic E-state index is -3.61. The highest BCUT2D eigenvalue weighted by Gasteiger charge is 2.42. The van der Waals surface area contributed by atoms with E-state index in [1.54, 1.807) is 16.7 Å². The van der Waals surface area contributed by atoms with Gasteiger partial charge in [0.05, 0.1) is 17.1 Å². The summed E-state index contributed by atoms with van der Waals surface area (Å²) in [6.07, 6.45) is 3.72. The van der Waals surface area contributed by atoms with Crippen LogP contribution in [0.25, 0.3) is 10.9 Å². The number of fused-ring (bicyclic) bond motifs is 1. The molecular formula is C26H31ClNO3P. The van der Waals surface area contributed by atoms with Gasteiger partial charge in [-0.2, -0.15) is 0 Å². The van der Waals surface area contributed by atoms with Crippen LogP contribution >= 0.6 is 19.0 Å². The Bertz CT molecular complexity index is 1170. The lowest BCUT2D eigenvalue weighted by Gasteiger charge is -2.39. The van der Waals surface area contributed by atoms with Crippen molar-refractivity contribution in [3.63, 3.8) is 0 Å². The van der Waals surface area contributed by atoms with E-state index in [1.807, 2.05) is 43.4 Å². The number of aryl methyl sites for hydroxylation is 1. The summed E-state index contributed by atoms with van der Waals surface area (Å²) in [4.78, 5) is 12.3. The van der Waals surface area contributed by atoms with Crippen molar-refractivity contribution in [2.24, 2.45) is 24.8 Å². The standard InChI is InChI=1S/C26H31ClNO3P/c1-17(2)21-12-10-18(3)14-25(21)31-32(30,20-8-6-5-7-9-20)26-22-15-19(27)11-13-23(22)28(4)24(26)16-29/h5-9,11,13,15-18,21,25H,10,12,14H2,1-4H3/t18-,21+,25-,32?/m0/s1. The van der Waals surface area contributed by atoms with Crippen LogP contribution in [0.4, 0.5) is 0 Å². The second-order valence-electron chi connectivity index (χ2n) is 9.43. The molecule has 1 saturated carbocycles. The summed E-state index contributed by atoms with van der Waals surface area (Å²) >= 11 is 6.34. The molecule has 2 aromatic carbocycles. The Labute approximate surface area is 195 Å². The van der Waals surface area contributed by atoms with Gasteiger partial charge in [0, 0.05) is 28.3 Å². The van der Waals surface area contributed by atoms with E-state index in [4.69, 9.17) is 16.1 Å². The van der Waals surface area contributed by atoms with E-state index in [-0.39, 0.29) is 6.10 Å². The van der Waals surface area contributed by atoms with Crippen molar-refractivity contribution in [2.75, 3.05) is 0 Å². The molecule has 170 valence electrons. The highest BCUT2D eigenvalue weighted by Crippen LogP contribution is 2.52. The fourth-order valence-electron chi connectivity index (χ4n) is 5.15. The number of aromatic nitrogens is 1. The number of aldehydes is 1. The number of hydrogen-bond acceptors (Lipinski definition) is 3. The molecule has 0 aliphatic heterocycles. The van der Waals surface area contributed by atoms with Crippen LogP contribution in [0.15, 0.2) is 48.5 Å². The number of halogens is 1. The maximum absolute atomic E-state index is 15.0. The average Bonchev–Trinajstić information content (AvgIpc) is 3.05. The molecule has 0 spiro atoms. The zero-order valence-electron chi connectivity index (χ0n) is 19.1. The third kappa shape index (κ3) is 4.09. The smallest absolute Gasteiger partial charge is 0.264 e. The van der Waals surface area contributed by atoms with Gasteiger partial charge in [0.15, 0.2) is 6.29 Å². The minimum absolute atomic E-state index is 0.140. The molecule has 4 atom stereocenters. The molecule has 1 unspecified atom stereocenters. The maximum atomic E-state index is 15.0. The van der Waals surface area contributed by atoms with E-state index in [2.05, 4.69) is 20.8 Å². The van der Waals surface area contributed by atoms with Gasteiger partial charge in [0.1, 0.15) is 0 Å². The summed E-state index contributed by atoms with van der Waals surface area (Å²) in [7, 11) is -1.79. The fourth-order valence-corrected chi connectivity index (χ4v) is 8.00. The van der Waals surface area contributed by atoms with Gasteiger partial charge >= 0.3 is 0 Å². The van der Waals surface area contributed by atoms with Crippen molar-refractivity contribution in [1.82, 2.24) is 4.57 Å². The second kappa shape index (κ2) is 9.17. The first-order chi connectivity index (χ1) is 15.3. The highest BCUT2D eigenvalue weighted by molar-refractivity contribution is 7.75. The van der Waals surface area contributed by atoms with Crippen molar-refractivity contribution < 1.29 is 13.9 Å². The number of carbonyl (C=O) groups is 1. The van der Waals surface area contributed by atoms with Crippen LogP contribution in [0, 0.1) is 17.8 Å². The zero-order valence-corrected chi connectivity index (χ0v) is 20.8. The molecule has 3 aromatic rings. The number of carbonyl (C=O) groups excluding carboxylic acids is 1. The predicted molar refractivity (Wildman–Crippen MR) is 133 cm³/mol.